The highest BCUT2D eigenvalue weighted by Crippen LogP contribution is 2.19. The van der Waals surface area contributed by atoms with Crippen molar-refractivity contribution >= 4 is 11.9 Å². The van der Waals surface area contributed by atoms with Crippen molar-refractivity contribution in [2.24, 2.45) is 0 Å². The molecule has 0 saturated heterocycles. The van der Waals surface area contributed by atoms with E-state index in [1.807, 2.05) is 67.6 Å². The third-order valence-electron chi connectivity index (χ3n) is 5.21. The zero-order valence-corrected chi connectivity index (χ0v) is 18.3. The molecule has 6 heteroatoms. The Morgan fingerprint density at radius 1 is 1.03 bits per heavy atom. The lowest BCUT2D eigenvalue weighted by Gasteiger charge is -2.18. The first-order chi connectivity index (χ1) is 15.0. The third-order valence-corrected chi connectivity index (χ3v) is 5.21. The molecular weight excluding hydrogens is 390 g/mol. The number of nitrogens with one attached hydrogen (secondary N) is 1. The number of rotatable bonds is 9. The fourth-order valence-electron chi connectivity index (χ4n) is 3.64. The summed E-state index contributed by atoms with van der Waals surface area (Å²) in [4.78, 5) is 25.1. The Hall–Kier alpha value is -3.41. The molecule has 0 aliphatic heterocycles. The van der Waals surface area contributed by atoms with E-state index in [2.05, 4.69) is 17.3 Å². The zero-order valence-electron chi connectivity index (χ0n) is 18.3. The van der Waals surface area contributed by atoms with Crippen LogP contribution >= 0.6 is 0 Å². The van der Waals surface area contributed by atoms with Crippen LogP contribution in [0.25, 0.3) is 0 Å². The van der Waals surface area contributed by atoms with Crippen molar-refractivity contribution in [3.63, 3.8) is 0 Å². The van der Waals surface area contributed by atoms with E-state index in [9.17, 15) is 9.59 Å². The summed E-state index contributed by atoms with van der Waals surface area (Å²) in [5, 5.41) is 7.45. The van der Waals surface area contributed by atoms with Crippen LogP contribution < -0.4 is 5.32 Å². The minimum absolute atomic E-state index is 0.102. The molecule has 1 N–H and O–H groups in total. The minimum atomic E-state index is -0.531. The Morgan fingerprint density at radius 2 is 1.68 bits per heavy atom. The first-order valence-corrected chi connectivity index (χ1v) is 10.6. The molecule has 0 radical (unpaired) electrons. The van der Waals surface area contributed by atoms with Gasteiger partial charge in [-0.05, 0) is 31.4 Å². The van der Waals surface area contributed by atoms with Crippen LogP contribution in [0.2, 0.25) is 0 Å². The number of esters is 1. The van der Waals surface area contributed by atoms with Crippen molar-refractivity contribution in [1.82, 2.24) is 15.1 Å². The van der Waals surface area contributed by atoms with Gasteiger partial charge >= 0.3 is 5.97 Å². The summed E-state index contributed by atoms with van der Waals surface area (Å²) >= 11 is 0. The molecule has 6 nitrogen and oxygen atoms in total. The number of amides is 1. The predicted octanol–water partition coefficient (Wildman–Crippen LogP) is 4.36. The summed E-state index contributed by atoms with van der Waals surface area (Å²) in [5.41, 5.74) is 3.86. The molecule has 1 amide bonds. The highest BCUT2D eigenvalue weighted by atomic mass is 16.5. The van der Waals surface area contributed by atoms with Gasteiger partial charge in [0.15, 0.2) is 6.61 Å². The molecule has 1 heterocycles. The highest BCUT2D eigenvalue weighted by Gasteiger charge is 2.22. The maximum atomic E-state index is 12.7. The minimum Gasteiger partial charge on any atom is -0.452 e. The number of benzene rings is 2. The quantitative estimate of drug-likeness (QED) is 0.523. The molecule has 0 fully saturated rings. The van der Waals surface area contributed by atoms with E-state index >= 15 is 0 Å². The Morgan fingerprint density at radius 3 is 2.32 bits per heavy atom. The molecule has 2 aromatic carbocycles. The van der Waals surface area contributed by atoms with Crippen LogP contribution in [0.1, 0.15) is 58.7 Å². The number of hydrogen-bond acceptors (Lipinski definition) is 4. The summed E-state index contributed by atoms with van der Waals surface area (Å²) in [6, 6.07) is 19.6. The zero-order chi connectivity index (χ0) is 22.2. The largest absolute Gasteiger partial charge is 0.452 e. The van der Waals surface area contributed by atoms with Gasteiger partial charge in [0, 0.05) is 0 Å². The monoisotopic (exact) mass is 419 g/mol. The van der Waals surface area contributed by atoms with Crippen LogP contribution in [-0.4, -0.2) is 28.3 Å². The van der Waals surface area contributed by atoms with E-state index in [1.54, 1.807) is 11.6 Å². The van der Waals surface area contributed by atoms with Crippen LogP contribution in [0.5, 0.6) is 0 Å². The molecule has 0 spiro atoms. The van der Waals surface area contributed by atoms with Crippen molar-refractivity contribution in [2.45, 2.75) is 46.2 Å². The van der Waals surface area contributed by atoms with E-state index < -0.39 is 5.97 Å². The van der Waals surface area contributed by atoms with Crippen LogP contribution in [0.15, 0.2) is 60.7 Å². The Bertz CT molecular complexity index is 1010. The first-order valence-electron chi connectivity index (χ1n) is 10.6. The van der Waals surface area contributed by atoms with Gasteiger partial charge in [0.25, 0.3) is 5.91 Å². The van der Waals surface area contributed by atoms with Gasteiger partial charge in [-0.15, -0.1) is 0 Å². The van der Waals surface area contributed by atoms with Crippen LogP contribution in [0.4, 0.5) is 0 Å². The summed E-state index contributed by atoms with van der Waals surface area (Å²) in [7, 11) is 0. The topological polar surface area (TPSA) is 73.2 Å². The molecule has 1 aromatic heterocycles. The van der Waals surface area contributed by atoms with Gasteiger partial charge in [-0.2, -0.15) is 5.10 Å². The Labute approximate surface area is 183 Å². The third kappa shape index (κ3) is 5.81. The maximum absolute atomic E-state index is 12.7. The van der Waals surface area contributed by atoms with E-state index in [0.29, 0.717) is 17.8 Å². The standard InChI is InChI=1S/C25H29N3O3/c1-4-11-22(21-14-9-6-10-15-21)26-23(29)17-31-25(30)24-18(2)27-28(19(24)3)16-20-12-7-5-8-13-20/h5-10,12-15,22H,4,11,16-17H2,1-3H3,(H,26,29)/t22-/m1/s1. The number of nitrogens with zero attached hydrogens (tertiary/aromatic N) is 2. The molecule has 0 unspecified atom stereocenters. The summed E-state index contributed by atoms with van der Waals surface area (Å²) in [5.74, 6) is -0.848. The molecule has 3 aromatic rings. The van der Waals surface area contributed by atoms with Gasteiger partial charge in [0.1, 0.15) is 5.56 Å². The first kappa shape index (κ1) is 22.3. The summed E-state index contributed by atoms with van der Waals surface area (Å²) in [6.45, 7) is 5.93. The average molecular weight is 420 g/mol. The normalized spacial score (nSPS) is 11.7. The van der Waals surface area contributed by atoms with Gasteiger partial charge in [0.2, 0.25) is 0 Å². The molecule has 31 heavy (non-hydrogen) atoms. The second kappa shape index (κ2) is 10.6. The van der Waals surface area contributed by atoms with Crippen molar-refractivity contribution in [1.29, 1.82) is 0 Å². The molecule has 1 atom stereocenters. The van der Waals surface area contributed by atoms with Gasteiger partial charge in [-0.3, -0.25) is 9.48 Å². The number of carbonyl (C=O) groups is 2. The fraction of sp³-hybridized carbons (Fsp3) is 0.320. The molecule has 0 aliphatic rings. The van der Waals surface area contributed by atoms with E-state index in [0.717, 1.165) is 29.7 Å². The van der Waals surface area contributed by atoms with Crippen molar-refractivity contribution in [2.75, 3.05) is 6.61 Å². The SMILES string of the molecule is CCC[C@@H](NC(=O)COC(=O)c1c(C)nn(Cc2ccccc2)c1C)c1ccccc1. The maximum Gasteiger partial charge on any atom is 0.342 e. The Kier molecular flexibility index (Phi) is 7.60. The summed E-state index contributed by atoms with van der Waals surface area (Å²) < 4.78 is 7.11. The van der Waals surface area contributed by atoms with Crippen LogP contribution in [0, 0.1) is 13.8 Å². The number of aryl methyl sites for hydroxylation is 1. The van der Waals surface area contributed by atoms with Gasteiger partial charge in [-0.1, -0.05) is 74.0 Å². The lowest BCUT2D eigenvalue weighted by atomic mass is 10.0. The molecule has 0 saturated carbocycles. The van der Waals surface area contributed by atoms with Crippen LogP contribution in [0.3, 0.4) is 0 Å². The van der Waals surface area contributed by atoms with Crippen molar-refractivity contribution < 1.29 is 14.3 Å². The second-order valence-corrected chi connectivity index (χ2v) is 7.58. The molecule has 0 bridgehead atoms. The molecule has 3 rings (SSSR count). The van der Waals surface area contributed by atoms with E-state index in [4.69, 9.17) is 4.74 Å². The van der Waals surface area contributed by atoms with E-state index in [1.165, 1.54) is 0 Å². The second-order valence-electron chi connectivity index (χ2n) is 7.58. The summed E-state index contributed by atoms with van der Waals surface area (Å²) in [6.07, 6.45) is 1.74. The van der Waals surface area contributed by atoms with E-state index in [-0.39, 0.29) is 18.6 Å². The smallest absolute Gasteiger partial charge is 0.342 e. The van der Waals surface area contributed by atoms with Gasteiger partial charge in [-0.25, -0.2) is 4.79 Å². The van der Waals surface area contributed by atoms with Crippen molar-refractivity contribution in [3.05, 3.63) is 88.7 Å². The average Bonchev–Trinajstić information content (AvgIpc) is 3.06. The molecule has 162 valence electrons. The van der Waals surface area contributed by atoms with Crippen LogP contribution in [-0.2, 0) is 16.1 Å². The van der Waals surface area contributed by atoms with Crippen molar-refractivity contribution in [3.8, 4) is 0 Å². The lowest BCUT2D eigenvalue weighted by molar-refractivity contribution is -0.125. The fourth-order valence-corrected chi connectivity index (χ4v) is 3.64. The number of aromatic nitrogens is 2. The molecule has 0 aliphatic carbocycles. The lowest BCUT2D eigenvalue weighted by Crippen LogP contribution is -2.32. The highest BCUT2D eigenvalue weighted by molar-refractivity contribution is 5.93. The Balaban J connectivity index is 1.62. The van der Waals surface area contributed by atoms with Gasteiger partial charge < -0.3 is 10.1 Å². The number of carbonyl (C=O) groups excluding carboxylic acids is 2. The van der Waals surface area contributed by atoms with Gasteiger partial charge in [0.05, 0.1) is 24.0 Å². The molecular formula is C25H29N3O3. The predicted molar refractivity (Wildman–Crippen MR) is 120 cm³/mol. The number of hydrogen-bond donors (Lipinski definition) is 1. The number of ether oxygens (including phenoxy) is 1.